The number of nitrogens with one attached hydrogen (secondary N) is 1. The molecule has 0 aliphatic carbocycles. The van der Waals surface area contributed by atoms with E-state index in [0.29, 0.717) is 0 Å². The summed E-state index contributed by atoms with van der Waals surface area (Å²) in [6.07, 6.45) is -1.55. The number of fused-ring (bicyclic) bond motifs is 1. The van der Waals surface area contributed by atoms with Crippen molar-refractivity contribution >= 4 is 13.8 Å². The van der Waals surface area contributed by atoms with Crippen LogP contribution in [0, 0.1) is 5.92 Å². The molecule has 5 atom stereocenters. The number of carbonyl (C=O) groups excluding carboxylic acids is 1. The van der Waals surface area contributed by atoms with Crippen LogP contribution in [0.2, 0.25) is 0 Å². The number of carbonyl (C=O) groups is 1. The lowest BCUT2D eigenvalue weighted by Gasteiger charge is -2.20. The van der Waals surface area contributed by atoms with Crippen molar-refractivity contribution in [3.8, 4) is 0 Å². The van der Waals surface area contributed by atoms with Crippen LogP contribution in [0.5, 0.6) is 0 Å². The SMILES string of the molecule is CC(C)OC(=O)CCCOP1(=O)OCC2OC(n3ccc(=O)[nH]c3=O)C(O)C2CO1. The zero-order valence-corrected chi connectivity index (χ0v) is 17.5. The van der Waals surface area contributed by atoms with Gasteiger partial charge in [0.1, 0.15) is 6.10 Å². The van der Waals surface area contributed by atoms with Gasteiger partial charge in [0.05, 0.1) is 32.0 Å². The van der Waals surface area contributed by atoms with Crippen LogP contribution in [0.1, 0.15) is 32.9 Å². The highest BCUT2D eigenvalue weighted by atomic mass is 31.2. The van der Waals surface area contributed by atoms with Gasteiger partial charge in [-0.25, -0.2) is 9.36 Å². The second-order valence-electron chi connectivity index (χ2n) is 7.25. The average molecular weight is 448 g/mol. The van der Waals surface area contributed by atoms with Gasteiger partial charge in [-0.2, -0.15) is 0 Å². The first-order valence-corrected chi connectivity index (χ1v) is 11.0. The zero-order valence-electron chi connectivity index (χ0n) is 16.6. The number of nitrogens with zero attached hydrogens (tertiary/aromatic N) is 1. The van der Waals surface area contributed by atoms with E-state index in [1.54, 1.807) is 13.8 Å². The van der Waals surface area contributed by atoms with Gasteiger partial charge in [-0.3, -0.25) is 32.7 Å². The quantitative estimate of drug-likeness (QED) is 0.338. The third-order valence-electron chi connectivity index (χ3n) is 4.61. The molecule has 1 aromatic heterocycles. The molecule has 30 heavy (non-hydrogen) atoms. The predicted octanol–water partition coefficient (Wildman–Crippen LogP) is 0.314. The molecule has 0 bridgehead atoms. The minimum Gasteiger partial charge on any atom is -0.463 e. The van der Waals surface area contributed by atoms with Gasteiger partial charge in [0.25, 0.3) is 5.56 Å². The molecule has 2 saturated heterocycles. The number of ether oxygens (including phenoxy) is 2. The van der Waals surface area contributed by atoms with E-state index in [4.69, 9.17) is 23.0 Å². The Morgan fingerprint density at radius 1 is 1.37 bits per heavy atom. The summed E-state index contributed by atoms with van der Waals surface area (Å²) in [4.78, 5) is 36.8. The van der Waals surface area contributed by atoms with Crippen molar-refractivity contribution in [2.24, 2.45) is 5.92 Å². The van der Waals surface area contributed by atoms with Crippen LogP contribution >= 0.6 is 7.82 Å². The smallest absolute Gasteiger partial charge is 0.463 e. The van der Waals surface area contributed by atoms with Gasteiger partial charge in [0.2, 0.25) is 0 Å². The maximum absolute atomic E-state index is 12.6. The monoisotopic (exact) mass is 448 g/mol. The van der Waals surface area contributed by atoms with Gasteiger partial charge in [0, 0.05) is 24.6 Å². The van der Waals surface area contributed by atoms with E-state index < -0.39 is 43.4 Å². The highest BCUT2D eigenvalue weighted by Gasteiger charge is 2.49. The van der Waals surface area contributed by atoms with Crippen molar-refractivity contribution in [3.63, 3.8) is 0 Å². The average Bonchev–Trinajstić information content (AvgIpc) is 2.87. The Balaban J connectivity index is 1.54. The molecule has 0 spiro atoms. The van der Waals surface area contributed by atoms with Gasteiger partial charge < -0.3 is 14.6 Å². The van der Waals surface area contributed by atoms with E-state index in [1.807, 2.05) is 0 Å². The fourth-order valence-corrected chi connectivity index (χ4v) is 4.45. The van der Waals surface area contributed by atoms with E-state index in [2.05, 4.69) is 4.98 Å². The first kappa shape index (κ1) is 22.9. The number of phosphoric acid groups is 1. The van der Waals surface area contributed by atoms with Gasteiger partial charge in [-0.1, -0.05) is 0 Å². The number of rotatable bonds is 7. The standard InChI is InChI=1S/C17H25N2O10P/c1-10(2)28-14(21)4-3-7-25-30(24)26-8-11-12(9-27-30)29-16(15(11)22)19-6-5-13(20)18-17(19)23/h5-6,10-12,15-16,22H,3-4,7-9H2,1-2H3,(H,18,20,23). The molecule has 2 N–H and O–H groups in total. The summed E-state index contributed by atoms with van der Waals surface area (Å²) >= 11 is 0. The Hall–Kier alpha value is -1.82. The van der Waals surface area contributed by atoms with Crippen molar-refractivity contribution in [2.75, 3.05) is 19.8 Å². The molecule has 168 valence electrons. The van der Waals surface area contributed by atoms with Crippen LogP contribution in [0.15, 0.2) is 21.9 Å². The molecule has 3 rings (SSSR count). The molecule has 2 aliphatic heterocycles. The van der Waals surface area contributed by atoms with Crippen LogP contribution in [-0.4, -0.2) is 58.8 Å². The first-order chi connectivity index (χ1) is 14.2. The number of phosphoric ester groups is 1. The number of aliphatic hydroxyl groups excluding tert-OH is 1. The van der Waals surface area contributed by atoms with Crippen LogP contribution in [0.25, 0.3) is 0 Å². The topological polar surface area (TPSA) is 155 Å². The van der Waals surface area contributed by atoms with E-state index in [9.17, 15) is 24.1 Å². The normalized spacial score (nSPS) is 31.3. The number of aromatic nitrogens is 2. The van der Waals surface area contributed by atoms with E-state index in [0.717, 1.165) is 10.6 Å². The molecular weight excluding hydrogens is 423 g/mol. The van der Waals surface area contributed by atoms with Crippen molar-refractivity contribution in [1.29, 1.82) is 0 Å². The summed E-state index contributed by atoms with van der Waals surface area (Å²) in [5.41, 5.74) is -1.30. The number of H-pyrrole nitrogens is 1. The predicted molar refractivity (Wildman–Crippen MR) is 101 cm³/mol. The minimum absolute atomic E-state index is 0.0430. The lowest BCUT2D eigenvalue weighted by molar-refractivity contribution is -0.147. The van der Waals surface area contributed by atoms with Crippen molar-refractivity contribution in [3.05, 3.63) is 33.1 Å². The summed E-state index contributed by atoms with van der Waals surface area (Å²) in [7, 11) is -3.89. The third kappa shape index (κ3) is 5.45. The van der Waals surface area contributed by atoms with Gasteiger partial charge in [-0.05, 0) is 20.3 Å². The highest BCUT2D eigenvalue weighted by molar-refractivity contribution is 7.48. The maximum Gasteiger partial charge on any atom is 0.474 e. The molecule has 5 unspecified atom stereocenters. The van der Waals surface area contributed by atoms with Gasteiger partial charge in [0.15, 0.2) is 6.23 Å². The first-order valence-electron chi connectivity index (χ1n) is 9.56. The lowest BCUT2D eigenvalue weighted by Crippen LogP contribution is -2.36. The zero-order chi connectivity index (χ0) is 21.9. The van der Waals surface area contributed by atoms with E-state index in [1.165, 1.54) is 6.20 Å². The molecule has 1 aromatic rings. The minimum atomic E-state index is -3.89. The van der Waals surface area contributed by atoms with Crippen molar-refractivity contribution in [2.45, 2.75) is 51.2 Å². The molecule has 0 amide bonds. The largest absolute Gasteiger partial charge is 0.474 e. The van der Waals surface area contributed by atoms with E-state index in [-0.39, 0.29) is 44.7 Å². The van der Waals surface area contributed by atoms with Crippen LogP contribution < -0.4 is 11.2 Å². The lowest BCUT2D eigenvalue weighted by atomic mass is 9.99. The molecule has 3 heterocycles. The molecule has 2 aliphatic rings. The van der Waals surface area contributed by atoms with Crippen molar-refractivity contribution in [1.82, 2.24) is 9.55 Å². The molecular formula is C17H25N2O10P. The second kappa shape index (κ2) is 9.54. The van der Waals surface area contributed by atoms with Crippen LogP contribution in [0.4, 0.5) is 0 Å². The van der Waals surface area contributed by atoms with Gasteiger partial charge in [-0.15, -0.1) is 0 Å². The van der Waals surface area contributed by atoms with E-state index >= 15 is 0 Å². The number of hydrogen-bond donors (Lipinski definition) is 2. The Labute approximate surface area is 171 Å². The Kier molecular flexibility index (Phi) is 7.27. The fraction of sp³-hybridized carbons (Fsp3) is 0.706. The third-order valence-corrected chi connectivity index (χ3v) is 6.04. The summed E-state index contributed by atoms with van der Waals surface area (Å²) in [6, 6.07) is 1.14. The van der Waals surface area contributed by atoms with Gasteiger partial charge >= 0.3 is 19.5 Å². The molecule has 0 saturated carbocycles. The summed E-state index contributed by atoms with van der Waals surface area (Å²) < 4.78 is 40.2. The molecule has 0 radical (unpaired) electrons. The van der Waals surface area contributed by atoms with Crippen LogP contribution in [-0.2, 0) is 32.4 Å². The highest BCUT2D eigenvalue weighted by Crippen LogP contribution is 2.53. The number of esters is 1. The number of aliphatic hydroxyl groups is 1. The summed E-state index contributed by atoms with van der Waals surface area (Å²) in [5.74, 6) is -1.02. The van der Waals surface area contributed by atoms with Crippen molar-refractivity contribution < 1.29 is 37.5 Å². The second-order valence-corrected chi connectivity index (χ2v) is 8.92. The fourth-order valence-electron chi connectivity index (χ4n) is 3.19. The molecule has 13 heteroatoms. The number of hydrogen-bond acceptors (Lipinski definition) is 10. The molecule has 12 nitrogen and oxygen atoms in total. The Bertz CT molecular complexity index is 912. The number of aromatic amines is 1. The molecule has 0 aromatic carbocycles. The Morgan fingerprint density at radius 3 is 2.80 bits per heavy atom. The maximum atomic E-state index is 12.6. The summed E-state index contributed by atoms with van der Waals surface area (Å²) in [6.45, 7) is 3.06. The van der Waals surface area contributed by atoms with Crippen LogP contribution in [0.3, 0.4) is 0 Å². The molecule has 2 fully saturated rings. The Morgan fingerprint density at radius 2 is 2.10 bits per heavy atom. The summed E-state index contributed by atoms with van der Waals surface area (Å²) in [5, 5.41) is 10.6.